The van der Waals surface area contributed by atoms with Gasteiger partial charge in [-0.3, -0.25) is 10.3 Å². The molecule has 1 heterocycles. The highest BCUT2D eigenvalue weighted by Gasteiger charge is 2.24. The first-order valence-electron chi connectivity index (χ1n) is 7.10. The van der Waals surface area contributed by atoms with Crippen LogP contribution in [0.4, 0.5) is 5.69 Å². The topological polar surface area (TPSA) is 76.6 Å². The molecule has 0 unspecified atom stereocenters. The fraction of sp³-hybridized carbons (Fsp3) is 0.533. The quantitative estimate of drug-likeness (QED) is 0.582. The van der Waals surface area contributed by atoms with Crippen LogP contribution in [0, 0.1) is 5.41 Å². The maximum Gasteiger partial charge on any atom is 0.124 e. The predicted octanol–water partition coefficient (Wildman–Crippen LogP) is 1.52. The molecule has 1 aliphatic rings. The molecule has 0 amide bonds. The third-order valence-electron chi connectivity index (χ3n) is 3.57. The van der Waals surface area contributed by atoms with Gasteiger partial charge >= 0.3 is 0 Å². The number of hydrogen-bond donors (Lipinski definition) is 3. The first kappa shape index (κ1) is 16.1. The van der Waals surface area contributed by atoms with Crippen LogP contribution in [-0.4, -0.2) is 54.2 Å². The smallest absolute Gasteiger partial charge is 0.124 e. The van der Waals surface area contributed by atoms with Gasteiger partial charge in [0.25, 0.3) is 0 Å². The summed E-state index contributed by atoms with van der Waals surface area (Å²) < 4.78 is 0. The molecule has 0 saturated carbocycles. The number of nitrogen functional groups attached to an aromatic ring is 1. The van der Waals surface area contributed by atoms with Crippen LogP contribution in [0.1, 0.15) is 19.4 Å². The lowest BCUT2D eigenvalue weighted by molar-refractivity contribution is 0.0345. The van der Waals surface area contributed by atoms with Gasteiger partial charge in [0, 0.05) is 49.0 Å². The number of aliphatic hydroxyl groups is 1. The number of nitrogens with zero attached hydrogens (tertiary/aromatic N) is 2. The van der Waals surface area contributed by atoms with Crippen LogP contribution >= 0.6 is 11.6 Å². The molecule has 1 aromatic carbocycles. The lowest BCUT2D eigenvalue weighted by Crippen LogP contribution is -2.50. The number of benzene rings is 1. The molecule has 0 radical (unpaired) electrons. The van der Waals surface area contributed by atoms with Crippen LogP contribution in [-0.2, 0) is 0 Å². The third-order valence-corrected chi connectivity index (χ3v) is 3.81. The number of rotatable bonds is 4. The zero-order valence-corrected chi connectivity index (χ0v) is 13.3. The zero-order chi connectivity index (χ0) is 15.6. The molecule has 0 aromatic heterocycles. The lowest BCUT2D eigenvalue weighted by Gasteiger charge is -2.39. The number of β-amino-alcohol motifs (C(OH)–C–C–N with tert-alkyl or cyclic N) is 1. The summed E-state index contributed by atoms with van der Waals surface area (Å²) in [5.74, 6) is 0.0337. The second-order valence-electron chi connectivity index (χ2n) is 6.15. The number of hydrogen-bond acceptors (Lipinski definition) is 4. The van der Waals surface area contributed by atoms with Gasteiger partial charge in [-0.25, -0.2) is 0 Å². The number of nitrogens with two attached hydrogens (primary N) is 1. The molecule has 0 aliphatic carbocycles. The van der Waals surface area contributed by atoms with E-state index in [1.54, 1.807) is 6.07 Å². The Morgan fingerprint density at radius 3 is 2.48 bits per heavy atom. The molecule has 21 heavy (non-hydrogen) atoms. The van der Waals surface area contributed by atoms with Crippen molar-refractivity contribution < 1.29 is 5.11 Å². The third kappa shape index (κ3) is 4.33. The van der Waals surface area contributed by atoms with Gasteiger partial charge in [0.1, 0.15) is 5.84 Å². The van der Waals surface area contributed by atoms with Gasteiger partial charge < -0.3 is 15.7 Å². The summed E-state index contributed by atoms with van der Waals surface area (Å²) >= 11 is 5.99. The van der Waals surface area contributed by atoms with Gasteiger partial charge in [-0.05, 0) is 32.0 Å². The van der Waals surface area contributed by atoms with Crippen LogP contribution in [0.5, 0.6) is 0 Å². The van der Waals surface area contributed by atoms with E-state index in [0.29, 0.717) is 17.1 Å². The minimum Gasteiger partial charge on any atom is -0.389 e. The van der Waals surface area contributed by atoms with Crippen LogP contribution in [0.25, 0.3) is 0 Å². The number of nitrogens with one attached hydrogen (secondary N) is 1. The van der Waals surface area contributed by atoms with Gasteiger partial charge in [0.2, 0.25) is 0 Å². The molecule has 1 saturated heterocycles. The zero-order valence-electron chi connectivity index (χ0n) is 12.6. The Bertz CT molecular complexity index is 519. The molecule has 1 fully saturated rings. The summed E-state index contributed by atoms with van der Waals surface area (Å²) in [6, 6.07) is 5.49. The molecule has 2 rings (SSSR count). The summed E-state index contributed by atoms with van der Waals surface area (Å²) in [4.78, 5) is 4.47. The van der Waals surface area contributed by atoms with Crippen molar-refractivity contribution in [1.82, 2.24) is 4.90 Å². The Balaban J connectivity index is 2.07. The molecular formula is C15H23ClN4O. The van der Waals surface area contributed by atoms with Crippen molar-refractivity contribution in [1.29, 1.82) is 5.41 Å². The molecule has 116 valence electrons. The van der Waals surface area contributed by atoms with Gasteiger partial charge in [0.05, 0.1) is 5.60 Å². The van der Waals surface area contributed by atoms with Gasteiger partial charge in [-0.15, -0.1) is 0 Å². The average molecular weight is 311 g/mol. The Morgan fingerprint density at radius 1 is 1.33 bits per heavy atom. The Labute approximate surface area is 130 Å². The van der Waals surface area contributed by atoms with E-state index in [0.717, 1.165) is 31.9 Å². The number of piperazine rings is 1. The summed E-state index contributed by atoms with van der Waals surface area (Å²) in [5, 5.41) is 18.2. The fourth-order valence-electron chi connectivity index (χ4n) is 2.69. The molecule has 5 nitrogen and oxygen atoms in total. The number of anilines is 1. The minimum absolute atomic E-state index is 0.0337. The van der Waals surface area contributed by atoms with Crippen molar-refractivity contribution in [3.05, 3.63) is 28.8 Å². The van der Waals surface area contributed by atoms with Crippen molar-refractivity contribution in [3.63, 3.8) is 0 Å². The van der Waals surface area contributed by atoms with Crippen LogP contribution in [0.3, 0.4) is 0 Å². The van der Waals surface area contributed by atoms with Gasteiger partial charge in [0.15, 0.2) is 0 Å². The van der Waals surface area contributed by atoms with E-state index in [9.17, 15) is 5.11 Å². The van der Waals surface area contributed by atoms with E-state index in [-0.39, 0.29) is 5.84 Å². The fourth-order valence-corrected chi connectivity index (χ4v) is 2.87. The van der Waals surface area contributed by atoms with Crippen molar-refractivity contribution in [2.75, 3.05) is 37.6 Å². The van der Waals surface area contributed by atoms with Crippen molar-refractivity contribution in [2.45, 2.75) is 19.4 Å². The van der Waals surface area contributed by atoms with E-state index in [2.05, 4.69) is 9.80 Å². The number of amidine groups is 1. The monoisotopic (exact) mass is 310 g/mol. The molecular weight excluding hydrogens is 288 g/mol. The minimum atomic E-state index is -0.674. The SMILES string of the molecule is CC(C)(O)CN1CCN(c2ccc(Cl)cc2C(=N)N)CC1. The highest BCUT2D eigenvalue weighted by atomic mass is 35.5. The highest BCUT2D eigenvalue weighted by Crippen LogP contribution is 2.25. The molecule has 0 bridgehead atoms. The highest BCUT2D eigenvalue weighted by molar-refractivity contribution is 6.31. The Kier molecular flexibility index (Phi) is 4.76. The van der Waals surface area contributed by atoms with Crippen LogP contribution < -0.4 is 10.6 Å². The van der Waals surface area contributed by atoms with Crippen LogP contribution in [0.15, 0.2) is 18.2 Å². The van der Waals surface area contributed by atoms with E-state index in [1.807, 2.05) is 26.0 Å². The summed E-state index contributed by atoms with van der Waals surface area (Å²) in [6.45, 7) is 7.77. The van der Waals surface area contributed by atoms with E-state index in [4.69, 9.17) is 22.7 Å². The maximum atomic E-state index is 9.89. The molecule has 4 N–H and O–H groups in total. The second-order valence-corrected chi connectivity index (χ2v) is 6.59. The first-order chi connectivity index (χ1) is 9.76. The standard InChI is InChI=1S/C15H23ClN4O/c1-15(2,21)10-19-5-7-20(8-6-19)13-4-3-11(16)9-12(13)14(17)18/h3-4,9,21H,5-8,10H2,1-2H3,(H3,17,18). The molecule has 0 spiro atoms. The van der Waals surface area contributed by atoms with Crippen molar-refractivity contribution in [2.24, 2.45) is 5.73 Å². The second kappa shape index (κ2) is 6.22. The van der Waals surface area contributed by atoms with E-state index >= 15 is 0 Å². The van der Waals surface area contributed by atoms with E-state index in [1.165, 1.54) is 0 Å². The molecule has 0 atom stereocenters. The summed E-state index contributed by atoms with van der Waals surface area (Å²) in [5.41, 5.74) is 6.61. The maximum absolute atomic E-state index is 9.89. The Hall–Kier alpha value is -1.30. The molecule has 6 heteroatoms. The largest absolute Gasteiger partial charge is 0.389 e. The first-order valence-corrected chi connectivity index (χ1v) is 7.48. The van der Waals surface area contributed by atoms with Gasteiger partial charge in [-0.1, -0.05) is 11.6 Å². The van der Waals surface area contributed by atoms with Gasteiger partial charge in [-0.2, -0.15) is 0 Å². The average Bonchev–Trinajstić information content (AvgIpc) is 2.38. The predicted molar refractivity (Wildman–Crippen MR) is 87.4 cm³/mol. The summed E-state index contributed by atoms with van der Waals surface area (Å²) in [7, 11) is 0. The lowest BCUT2D eigenvalue weighted by atomic mass is 10.1. The van der Waals surface area contributed by atoms with Crippen molar-refractivity contribution >= 4 is 23.1 Å². The van der Waals surface area contributed by atoms with E-state index < -0.39 is 5.60 Å². The molecule has 1 aromatic rings. The molecule has 1 aliphatic heterocycles. The van der Waals surface area contributed by atoms with Crippen LogP contribution in [0.2, 0.25) is 5.02 Å². The van der Waals surface area contributed by atoms with Crippen molar-refractivity contribution in [3.8, 4) is 0 Å². The summed E-state index contributed by atoms with van der Waals surface area (Å²) in [6.07, 6.45) is 0. The Morgan fingerprint density at radius 2 is 1.95 bits per heavy atom. The number of halogens is 1. The normalized spacial score (nSPS) is 17.0.